The van der Waals surface area contributed by atoms with Crippen LogP contribution in [0.4, 0.5) is 5.69 Å². The molecule has 0 fully saturated rings. The van der Waals surface area contributed by atoms with Crippen LogP contribution in [0.5, 0.6) is 0 Å². The van der Waals surface area contributed by atoms with Crippen LogP contribution in [0.25, 0.3) is 0 Å². The van der Waals surface area contributed by atoms with Gasteiger partial charge in [0.2, 0.25) is 0 Å². The minimum atomic E-state index is -0.195. The van der Waals surface area contributed by atoms with Gasteiger partial charge in [0.15, 0.2) is 0 Å². The van der Waals surface area contributed by atoms with Gasteiger partial charge < -0.3 is 14.8 Å². The summed E-state index contributed by atoms with van der Waals surface area (Å²) in [5.41, 5.74) is 2.23. The lowest BCUT2D eigenvalue weighted by atomic mass is 10.2. The molecular formula is C16H25NO3. The van der Waals surface area contributed by atoms with Crippen molar-refractivity contribution in [2.45, 2.75) is 27.2 Å². The van der Waals surface area contributed by atoms with Crippen LogP contribution in [-0.2, 0) is 14.3 Å². The number of hydrogen-bond acceptors (Lipinski definition) is 4. The van der Waals surface area contributed by atoms with Crippen LogP contribution in [0.15, 0.2) is 24.3 Å². The molecule has 0 bridgehead atoms. The Morgan fingerprint density at radius 2 is 2.00 bits per heavy atom. The second-order valence-electron chi connectivity index (χ2n) is 5.18. The minimum absolute atomic E-state index is 0.195. The van der Waals surface area contributed by atoms with Gasteiger partial charge in [0.25, 0.3) is 0 Å². The maximum atomic E-state index is 11.5. The number of para-hydroxylation sites is 1. The smallest absolute Gasteiger partial charge is 0.307 e. The van der Waals surface area contributed by atoms with Gasteiger partial charge in [-0.05, 0) is 24.5 Å². The second-order valence-corrected chi connectivity index (χ2v) is 5.18. The second kappa shape index (κ2) is 9.37. The van der Waals surface area contributed by atoms with Crippen LogP contribution in [0, 0.1) is 12.8 Å². The Hall–Kier alpha value is -1.55. The molecule has 4 heteroatoms. The van der Waals surface area contributed by atoms with Gasteiger partial charge in [0, 0.05) is 18.8 Å². The number of benzene rings is 1. The van der Waals surface area contributed by atoms with E-state index in [1.807, 2.05) is 31.2 Å². The van der Waals surface area contributed by atoms with E-state index in [4.69, 9.17) is 9.47 Å². The average Bonchev–Trinajstić information content (AvgIpc) is 2.40. The van der Waals surface area contributed by atoms with Gasteiger partial charge in [-0.25, -0.2) is 0 Å². The Balaban J connectivity index is 2.07. The molecule has 0 aromatic heterocycles. The van der Waals surface area contributed by atoms with Gasteiger partial charge >= 0.3 is 5.97 Å². The fraction of sp³-hybridized carbons (Fsp3) is 0.562. The van der Waals surface area contributed by atoms with Crippen molar-refractivity contribution in [3.63, 3.8) is 0 Å². The Kier molecular flexibility index (Phi) is 7.73. The molecule has 20 heavy (non-hydrogen) atoms. The summed E-state index contributed by atoms with van der Waals surface area (Å²) >= 11 is 0. The summed E-state index contributed by atoms with van der Waals surface area (Å²) in [7, 11) is 0. The summed E-state index contributed by atoms with van der Waals surface area (Å²) in [6.45, 7) is 8.28. The lowest BCUT2D eigenvalue weighted by Gasteiger charge is -2.10. The average molecular weight is 279 g/mol. The molecule has 1 aromatic carbocycles. The van der Waals surface area contributed by atoms with Crippen molar-refractivity contribution in [1.82, 2.24) is 0 Å². The molecular weight excluding hydrogens is 254 g/mol. The van der Waals surface area contributed by atoms with Gasteiger partial charge in [0.05, 0.1) is 13.0 Å². The van der Waals surface area contributed by atoms with Gasteiger partial charge in [-0.15, -0.1) is 0 Å². The predicted molar refractivity (Wildman–Crippen MR) is 80.9 cm³/mol. The number of anilines is 1. The highest BCUT2D eigenvalue weighted by atomic mass is 16.6. The molecule has 0 radical (unpaired) electrons. The number of carbonyl (C=O) groups is 1. The van der Waals surface area contributed by atoms with E-state index in [1.165, 1.54) is 5.56 Å². The number of ether oxygens (including phenoxy) is 2. The standard InChI is InChI=1S/C16H25NO3/c1-13(2)12-19-10-11-20-16(18)8-9-17-15-7-5-4-6-14(15)3/h4-7,13,17H,8-12H2,1-3H3. The van der Waals surface area contributed by atoms with Crippen LogP contribution < -0.4 is 5.32 Å². The van der Waals surface area contributed by atoms with Gasteiger partial charge in [-0.1, -0.05) is 32.0 Å². The van der Waals surface area contributed by atoms with Gasteiger partial charge in [0.1, 0.15) is 6.61 Å². The molecule has 0 aliphatic rings. The molecule has 0 heterocycles. The van der Waals surface area contributed by atoms with Crippen LogP contribution in [0.2, 0.25) is 0 Å². The first kappa shape index (κ1) is 16.5. The van der Waals surface area contributed by atoms with Gasteiger partial charge in [-0.3, -0.25) is 4.79 Å². The van der Waals surface area contributed by atoms with E-state index in [0.717, 1.165) is 5.69 Å². The normalized spacial score (nSPS) is 10.6. The molecule has 112 valence electrons. The first-order valence-corrected chi connectivity index (χ1v) is 7.12. The zero-order valence-corrected chi connectivity index (χ0v) is 12.6. The number of nitrogens with one attached hydrogen (secondary N) is 1. The van der Waals surface area contributed by atoms with Crippen LogP contribution >= 0.6 is 0 Å². The molecule has 0 saturated heterocycles. The summed E-state index contributed by atoms with van der Waals surface area (Å²) in [4.78, 5) is 11.5. The summed E-state index contributed by atoms with van der Waals surface area (Å²) in [6, 6.07) is 8.00. The highest BCUT2D eigenvalue weighted by molar-refractivity contribution is 5.70. The Labute approximate surface area is 121 Å². The van der Waals surface area contributed by atoms with Crippen molar-refractivity contribution in [3.8, 4) is 0 Å². The molecule has 1 aromatic rings. The van der Waals surface area contributed by atoms with E-state index < -0.39 is 0 Å². The van der Waals surface area contributed by atoms with Crippen molar-refractivity contribution in [2.75, 3.05) is 31.7 Å². The van der Waals surface area contributed by atoms with E-state index >= 15 is 0 Å². The fourth-order valence-electron chi connectivity index (χ4n) is 1.68. The third-order valence-electron chi connectivity index (χ3n) is 2.73. The molecule has 0 aliphatic carbocycles. The van der Waals surface area contributed by atoms with Crippen LogP contribution in [0.1, 0.15) is 25.8 Å². The lowest BCUT2D eigenvalue weighted by molar-refractivity contribution is -0.144. The zero-order chi connectivity index (χ0) is 14.8. The third-order valence-corrected chi connectivity index (χ3v) is 2.73. The summed E-state index contributed by atoms with van der Waals surface area (Å²) < 4.78 is 10.4. The SMILES string of the molecule is Cc1ccccc1NCCC(=O)OCCOCC(C)C. The maximum Gasteiger partial charge on any atom is 0.307 e. The topological polar surface area (TPSA) is 47.6 Å². The Morgan fingerprint density at radius 1 is 1.25 bits per heavy atom. The molecule has 0 atom stereocenters. The molecule has 0 amide bonds. The van der Waals surface area contributed by atoms with Crippen LogP contribution in [-0.4, -0.2) is 32.3 Å². The Morgan fingerprint density at radius 3 is 2.70 bits per heavy atom. The molecule has 0 spiro atoms. The first-order chi connectivity index (χ1) is 9.59. The number of hydrogen-bond donors (Lipinski definition) is 1. The fourth-order valence-corrected chi connectivity index (χ4v) is 1.68. The van der Waals surface area contributed by atoms with E-state index in [2.05, 4.69) is 19.2 Å². The van der Waals surface area contributed by atoms with Crippen LogP contribution in [0.3, 0.4) is 0 Å². The largest absolute Gasteiger partial charge is 0.463 e. The molecule has 1 rings (SSSR count). The summed E-state index contributed by atoms with van der Waals surface area (Å²) in [6.07, 6.45) is 0.360. The van der Waals surface area contributed by atoms with Crippen molar-refractivity contribution in [2.24, 2.45) is 5.92 Å². The molecule has 1 N–H and O–H groups in total. The van der Waals surface area contributed by atoms with E-state index in [0.29, 0.717) is 38.7 Å². The third kappa shape index (κ3) is 7.14. The number of esters is 1. The molecule has 0 unspecified atom stereocenters. The quantitative estimate of drug-likeness (QED) is 0.557. The van der Waals surface area contributed by atoms with Crippen molar-refractivity contribution < 1.29 is 14.3 Å². The zero-order valence-electron chi connectivity index (χ0n) is 12.6. The highest BCUT2D eigenvalue weighted by Gasteiger charge is 2.03. The maximum absolute atomic E-state index is 11.5. The summed E-state index contributed by atoms with van der Waals surface area (Å²) in [5, 5.41) is 3.23. The highest BCUT2D eigenvalue weighted by Crippen LogP contribution is 2.12. The molecule has 4 nitrogen and oxygen atoms in total. The van der Waals surface area contributed by atoms with E-state index in [1.54, 1.807) is 0 Å². The first-order valence-electron chi connectivity index (χ1n) is 7.12. The Bertz CT molecular complexity index is 404. The monoisotopic (exact) mass is 279 g/mol. The van der Waals surface area contributed by atoms with Gasteiger partial charge in [-0.2, -0.15) is 0 Å². The van der Waals surface area contributed by atoms with E-state index in [9.17, 15) is 4.79 Å². The van der Waals surface area contributed by atoms with E-state index in [-0.39, 0.29) is 5.97 Å². The van der Waals surface area contributed by atoms with Crippen molar-refractivity contribution in [1.29, 1.82) is 0 Å². The predicted octanol–water partition coefficient (Wildman–Crippen LogP) is 3.01. The number of rotatable bonds is 9. The molecule has 0 aliphatic heterocycles. The minimum Gasteiger partial charge on any atom is -0.463 e. The lowest BCUT2D eigenvalue weighted by Crippen LogP contribution is -2.15. The molecule has 0 saturated carbocycles. The van der Waals surface area contributed by atoms with Crippen molar-refractivity contribution in [3.05, 3.63) is 29.8 Å². The number of carbonyl (C=O) groups excluding carboxylic acids is 1. The summed E-state index contributed by atoms with van der Waals surface area (Å²) in [5.74, 6) is 0.309. The van der Waals surface area contributed by atoms with Crippen molar-refractivity contribution >= 4 is 11.7 Å². The number of aryl methyl sites for hydroxylation is 1.